The van der Waals surface area contributed by atoms with Crippen molar-refractivity contribution >= 4 is 29.9 Å². The summed E-state index contributed by atoms with van der Waals surface area (Å²) < 4.78 is 1.92. The summed E-state index contributed by atoms with van der Waals surface area (Å²) in [4.78, 5) is 6.64. The van der Waals surface area contributed by atoms with Gasteiger partial charge in [-0.1, -0.05) is 6.92 Å². The first kappa shape index (κ1) is 22.2. The van der Waals surface area contributed by atoms with Gasteiger partial charge in [0.15, 0.2) is 5.96 Å². The van der Waals surface area contributed by atoms with Crippen molar-refractivity contribution in [2.45, 2.75) is 46.7 Å². The van der Waals surface area contributed by atoms with Crippen LogP contribution < -0.4 is 10.6 Å². The second-order valence-corrected chi connectivity index (χ2v) is 5.86. The summed E-state index contributed by atoms with van der Waals surface area (Å²) in [5.74, 6) is 0.834. The van der Waals surface area contributed by atoms with Crippen molar-refractivity contribution in [3.8, 4) is 0 Å². The Bertz CT molecular complexity index is 497. The van der Waals surface area contributed by atoms with Crippen LogP contribution in [0.2, 0.25) is 0 Å². The lowest BCUT2D eigenvalue weighted by Gasteiger charge is -2.24. The quantitative estimate of drug-likeness (QED) is 0.390. The highest BCUT2D eigenvalue weighted by Crippen LogP contribution is 2.10. The van der Waals surface area contributed by atoms with Gasteiger partial charge in [-0.3, -0.25) is 9.67 Å². The van der Waals surface area contributed by atoms with Gasteiger partial charge in [-0.15, -0.1) is 24.0 Å². The number of likely N-dealkylation sites (N-methyl/N-ethyl adjacent to an activating group) is 1. The van der Waals surface area contributed by atoms with Gasteiger partial charge in [-0.25, -0.2) is 0 Å². The van der Waals surface area contributed by atoms with Crippen LogP contribution in [0.3, 0.4) is 0 Å². The predicted molar refractivity (Wildman–Crippen MR) is 109 cm³/mol. The van der Waals surface area contributed by atoms with E-state index in [4.69, 9.17) is 0 Å². The van der Waals surface area contributed by atoms with Gasteiger partial charge in [-0.05, 0) is 34.2 Å². The van der Waals surface area contributed by atoms with E-state index >= 15 is 0 Å². The first-order valence-corrected chi connectivity index (χ1v) is 8.04. The van der Waals surface area contributed by atoms with E-state index in [9.17, 15) is 0 Å². The summed E-state index contributed by atoms with van der Waals surface area (Å²) in [6, 6.07) is 0.609. The zero-order chi connectivity index (χ0) is 16.7. The summed E-state index contributed by atoms with van der Waals surface area (Å²) >= 11 is 0. The van der Waals surface area contributed by atoms with Crippen LogP contribution >= 0.6 is 24.0 Å². The fourth-order valence-electron chi connectivity index (χ4n) is 2.35. The molecule has 0 bridgehead atoms. The fourth-order valence-corrected chi connectivity index (χ4v) is 2.35. The lowest BCUT2D eigenvalue weighted by molar-refractivity contribution is 0.255. The Morgan fingerprint density at radius 1 is 1.35 bits per heavy atom. The summed E-state index contributed by atoms with van der Waals surface area (Å²) in [6.45, 7) is 11.2. The second-order valence-electron chi connectivity index (χ2n) is 5.86. The molecule has 1 atom stereocenters. The van der Waals surface area contributed by atoms with Crippen molar-refractivity contribution in [2.75, 3.05) is 27.2 Å². The van der Waals surface area contributed by atoms with E-state index in [1.165, 1.54) is 17.7 Å². The van der Waals surface area contributed by atoms with Gasteiger partial charge in [0.05, 0.1) is 5.69 Å². The molecule has 2 N–H and O–H groups in total. The van der Waals surface area contributed by atoms with Gasteiger partial charge in [0.2, 0.25) is 0 Å². The standard InChI is InChI=1S/C16H32N6.HI/c1-8-12(2)21(6)10-9-18-16(17-5)19-11-15-13(3)20-22(7)14(15)4;/h12H,8-11H2,1-7H3,(H2,17,18,19);1H. The van der Waals surface area contributed by atoms with E-state index < -0.39 is 0 Å². The van der Waals surface area contributed by atoms with Gasteiger partial charge < -0.3 is 15.5 Å². The van der Waals surface area contributed by atoms with Crippen LogP contribution in [-0.2, 0) is 13.6 Å². The third-order valence-electron chi connectivity index (χ3n) is 4.42. The number of aryl methyl sites for hydroxylation is 2. The van der Waals surface area contributed by atoms with Crippen molar-refractivity contribution < 1.29 is 0 Å². The van der Waals surface area contributed by atoms with E-state index in [2.05, 4.69) is 53.4 Å². The van der Waals surface area contributed by atoms with Crippen LogP contribution in [0.15, 0.2) is 4.99 Å². The molecule has 23 heavy (non-hydrogen) atoms. The summed E-state index contributed by atoms with van der Waals surface area (Å²) in [7, 11) is 5.94. The Labute approximate surface area is 158 Å². The van der Waals surface area contributed by atoms with Crippen LogP contribution in [0.4, 0.5) is 0 Å². The molecule has 0 radical (unpaired) electrons. The van der Waals surface area contributed by atoms with Crippen LogP contribution in [0.5, 0.6) is 0 Å². The molecule has 0 fully saturated rings. The monoisotopic (exact) mass is 436 g/mol. The summed E-state index contributed by atoms with van der Waals surface area (Å²) in [5, 5.41) is 11.2. The fraction of sp³-hybridized carbons (Fsp3) is 0.750. The maximum absolute atomic E-state index is 4.44. The van der Waals surface area contributed by atoms with E-state index in [0.29, 0.717) is 6.04 Å². The molecule has 0 saturated carbocycles. The SMILES string of the molecule is CCC(C)N(C)CCNC(=NC)NCc1c(C)nn(C)c1C.I. The number of guanidine groups is 1. The highest BCUT2D eigenvalue weighted by Gasteiger charge is 2.10. The number of nitrogens with zero attached hydrogens (tertiary/aromatic N) is 4. The Morgan fingerprint density at radius 2 is 2.00 bits per heavy atom. The average molecular weight is 436 g/mol. The molecule has 0 aliphatic heterocycles. The molecule has 0 spiro atoms. The molecule has 7 heteroatoms. The Balaban J connectivity index is 0.00000484. The third kappa shape index (κ3) is 6.66. The smallest absolute Gasteiger partial charge is 0.191 e. The minimum Gasteiger partial charge on any atom is -0.355 e. The summed E-state index contributed by atoms with van der Waals surface area (Å²) in [5.41, 5.74) is 3.50. The first-order chi connectivity index (χ1) is 10.4. The van der Waals surface area contributed by atoms with E-state index in [-0.39, 0.29) is 24.0 Å². The molecule has 1 aromatic heterocycles. The number of rotatable bonds is 7. The Morgan fingerprint density at radius 3 is 2.48 bits per heavy atom. The maximum Gasteiger partial charge on any atom is 0.191 e. The molecule has 0 aromatic carbocycles. The molecular weight excluding hydrogens is 403 g/mol. The third-order valence-corrected chi connectivity index (χ3v) is 4.42. The van der Waals surface area contributed by atoms with Crippen molar-refractivity contribution in [1.82, 2.24) is 25.3 Å². The topological polar surface area (TPSA) is 57.5 Å². The first-order valence-electron chi connectivity index (χ1n) is 8.04. The van der Waals surface area contributed by atoms with E-state index in [0.717, 1.165) is 31.3 Å². The van der Waals surface area contributed by atoms with Gasteiger partial charge >= 0.3 is 0 Å². The number of halogens is 1. The molecule has 1 aromatic rings. The zero-order valence-electron chi connectivity index (χ0n) is 15.6. The maximum atomic E-state index is 4.44. The number of nitrogens with one attached hydrogen (secondary N) is 2. The molecule has 0 aliphatic rings. The number of hydrogen-bond donors (Lipinski definition) is 2. The lowest BCUT2D eigenvalue weighted by atomic mass is 10.2. The molecule has 0 aliphatic carbocycles. The van der Waals surface area contributed by atoms with E-state index in [1.54, 1.807) is 7.05 Å². The van der Waals surface area contributed by atoms with Crippen molar-refractivity contribution in [3.05, 3.63) is 17.0 Å². The molecule has 1 rings (SSSR count). The highest BCUT2D eigenvalue weighted by atomic mass is 127. The van der Waals surface area contributed by atoms with Gasteiger partial charge in [0.1, 0.15) is 0 Å². The largest absolute Gasteiger partial charge is 0.355 e. The normalized spacial score (nSPS) is 13.0. The minimum atomic E-state index is 0. The van der Waals surface area contributed by atoms with Gasteiger partial charge in [0.25, 0.3) is 0 Å². The average Bonchev–Trinajstić information content (AvgIpc) is 2.74. The van der Waals surface area contributed by atoms with Crippen molar-refractivity contribution in [2.24, 2.45) is 12.0 Å². The van der Waals surface area contributed by atoms with Crippen LogP contribution in [0, 0.1) is 13.8 Å². The lowest BCUT2D eigenvalue weighted by Crippen LogP contribution is -2.42. The van der Waals surface area contributed by atoms with Gasteiger partial charge in [-0.2, -0.15) is 5.10 Å². The van der Waals surface area contributed by atoms with Crippen LogP contribution in [0.25, 0.3) is 0 Å². The molecule has 6 nitrogen and oxygen atoms in total. The molecule has 134 valence electrons. The van der Waals surface area contributed by atoms with E-state index in [1.807, 2.05) is 18.7 Å². The minimum absolute atomic E-state index is 0. The molecule has 0 amide bonds. The predicted octanol–water partition coefficient (Wildman–Crippen LogP) is 2.05. The van der Waals surface area contributed by atoms with Crippen LogP contribution in [0.1, 0.15) is 37.2 Å². The second kappa shape index (κ2) is 10.9. The number of hydrogen-bond acceptors (Lipinski definition) is 3. The van der Waals surface area contributed by atoms with Crippen LogP contribution in [-0.4, -0.2) is 53.9 Å². The molecule has 1 unspecified atom stereocenters. The Hall–Kier alpha value is -0.830. The number of aromatic nitrogens is 2. The molecule has 0 saturated heterocycles. The van der Waals surface area contributed by atoms with Gasteiger partial charge in [0, 0.05) is 51.0 Å². The highest BCUT2D eigenvalue weighted by molar-refractivity contribution is 14.0. The van der Waals surface area contributed by atoms with Crippen molar-refractivity contribution in [3.63, 3.8) is 0 Å². The number of aliphatic imine (C=N–C) groups is 1. The molecular formula is C16H33IN6. The molecule has 1 heterocycles. The summed E-state index contributed by atoms with van der Waals surface area (Å²) in [6.07, 6.45) is 1.17. The Kier molecular flexibility index (Phi) is 10.5. The van der Waals surface area contributed by atoms with Crippen molar-refractivity contribution in [1.29, 1.82) is 0 Å². The zero-order valence-corrected chi connectivity index (χ0v) is 17.9.